The van der Waals surface area contributed by atoms with E-state index >= 15 is 0 Å². The molecule has 1 aromatic carbocycles. The number of carbonyl (C=O) groups is 1. The lowest BCUT2D eigenvalue weighted by atomic mass is 9.89. The molecule has 0 aliphatic heterocycles. The third-order valence-corrected chi connectivity index (χ3v) is 5.34. The molecule has 0 spiro atoms. The molecule has 0 saturated heterocycles. The van der Waals surface area contributed by atoms with Gasteiger partial charge in [-0.25, -0.2) is 13.2 Å². The van der Waals surface area contributed by atoms with Crippen LogP contribution in [0.4, 0.5) is 0 Å². The van der Waals surface area contributed by atoms with E-state index in [2.05, 4.69) is 10.2 Å². The lowest BCUT2D eigenvalue weighted by Crippen LogP contribution is -2.08. The first kappa shape index (κ1) is 16.4. The van der Waals surface area contributed by atoms with E-state index in [9.17, 15) is 18.3 Å². The number of rotatable bonds is 4. The fourth-order valence-corrected chi connectivity index (χ4v) is 3.57. The zero-order chi connectivity index (χ0) is 17.3. The molecule has 0 fully saturated rings. The van der Waals surface area contributed by atoms with Crippen LogP contribution in [-0.2, 0) is 14.6 Å². The number of hydrogen-bond donors (Lipinski definition) is 2. The first-order valence-corrected chi connectivity index (χ1v) is 9.57. The first-order valence-electron chi connectivity index (χ1n) is 7.68. The zero-order valence-corrected chi connectivity index (χ0v) is 14.1. The lowest BCUT2D eigenvalue weighted by molar-refractivity contribution is -0.132. The van der Waals surface area contributed by atoms with Crippen molar-refractivity contribution in [3.05, 3.63) is 41.6 Å². The number of aromatic nitrogens is 2. The Morgan fingerprint density at radius 3 is 2.46 bits per heavy atom. The highest BCUT2D eigenvalue weighted by molar-refractivity contribution is 7.90. The Hall–Kier alpha value is -2.41. The zero-order valence-electron chi connectivity index (χ0n) is 13.2. The number of carboxylic acids is 1. The maximum atomic E-state index is 11.5. The van der Waals surface area contributed by atoms with Crippen LogP contribution in [0.3, 0.4) is 0 Å². The molecule has 2 aromatic rings. The number of aromatic amines is 1. The number of aliphatic carboxylic acids is 1. The molecule has 0 radical (unpaired) electrons. The van der Waals surface area contributed by atoms with Gasteiger partial charge in [0.1, 0.15) is 0 Å². The van der Waals surface area contributed by atoms with Gasteiger partial charge in [-0.15, -0.1) is 0 Å². The van der Waals surface area contributed by atoms with Crippen molar-refractivity contribution in [1.29, 1.82) is 0 Å². The molecule has 6 nitrogen and oxygen atoms in total. The maximum absolute atomic E-state index is 11.5. The fourth-order valence-electron chi connectivity index (χ4n) is 2.94. The summed E-state index contributed by atoms with van der Waals surface area (Å²) >= 11 is 0. The molecule has 1 aliphatic carbocycles. The molecule has 3 rings (SSSR count). The summed E-state index contributed by atoms with van der Waals surface area (Å²) in [7, 11) is -3.23. The van der Waals surface area contributed by atoms with Crippen molar-refractivity contribution in [1.82, 2.24) is 10.2 Å². The average molecular weight is 346 g/mol. The van der Waals surface area contributed by atoms with Crippen LogP contribution < -0.4 is 0 Å². The highest BCUT2D eigenvalue weighted by Gasteiger charge is 2.21. The van der Waals surface area contributed by atoms with Crippen LogP contribution in [0.5, 0.6) is 0 Å². The highest BCUT2D eigenvalue weighted by atomic mass is 32.2. The monoisotopic (exact) mass is 346 g/mol. The molecule has 24 heavy (non-hydrogen) atoms. The number of carboxylic acid groups (broad SMARTS) is 1. The van der Waals surface area contributed by atoms with Gasteiger partial charge in [0.2, 0.25) is 0 Å². The summed E-state index contributed by atoms with van der Waals surface area (Å²) in [4.78, 5) is 11.7. The number of sulfone groups is 1. The van der Waals surface area contributed by atoms with Crippen LogP contribution in [0.1, 0.15) is 31.4 Å². The molecular weight excluding hydrogens is 328 g/mol. The number of nitrogens with one attached hydrogen (secondary N) is 1. The van der Waals surface area contributed by atoms with Crippen LogP contribution >= 0.6 is 0 Å². The van der Waals surface area contributed by atoms with Gasteiger partial charge < -0.3 is 5.11 Å². The van der Waals surface area contributed by atoms with Crippen molar-refractivity contribution in [2.45, 2.75) is 30.6 Å². The van der Waals surface area contributed by atoms with E-state index in [-0.39, 0.29) is 4.90 Å². The van der Waals surface area contributed by atoms with Gasteiger partial charge in [-0.2, -0.15) is 5.10 Å². The third-order valence-electron chi connectivity index (χ3n) is 4.21. The van der Waals surface area contributed by atoms with E-state index in [0.717, 1.165) is 36.7 Å². The van der Waals surface area contributed by atoms with Gasteiger partial charge in [-0.1, -0.05) is 12.1 Å². The van der Waals surface area contributed by atoms with E-state index in [0.29, 0.717) is 23.4 Å². The largest absolute Gasteiger partial charge is 0.478 e. The smallest absolute Gasteiger partial charge is 0.331 e. The van der Waals surface area contributed by atoms with E-state index < -0.39 is 15.8 Å². The summed E-state index contributed by atoms with van der Waals surface area (Å²) in [5.74, 6) is -0.877. The van der Waals surface area contributed by atoms with Gasteiger partial charge in [-0.3, -0.25) is 5.10 Å². The van der Waals surface area contributed by atoms with Gasteiger partial charge in [-0.05, 0) is 49.5 Å². The molecule has 0 atom stereocenters. The third kappa shape index (κ3) is 3.26. The molecule has 1 aliphatic rings. The highest BCUT2D eigenvalue weighted by Crippen LogP contribution is 2.33. The molecule has 0 amide bonds. The van der Waals surface area contributed by atoms with E-state index in [1.807, 2.05) is 6.07 Å². The second-order valence-corrected chi connectivity index (χ2v) is 7.95. The van der Waals surface area contributed by atoms with Crippen molar-refractivity contribution in [2.24, 2.45) is 0 Å². The molecule has 0 saturated carbocycles. The Balaban J connectivity index is 1.95. The minimum atomic E-state index is -3.23. The minimum absolute atomic E-state index is 0.255. The molecule has 0 unspecified atom stereocenters. The van der Waals surface area contributed by atoms with Gasteiger partial charge in [0.25, 0.3) is 0 Å². The number of H-pyrrole nitrogens is 1. The predicted octanol–water partition coefficient (Wildman–Crippen LogP) is 2.89. The molecule has 0 bridgehead atoms. The van der Waals surface area contributed by atoms with E-state index in [4.69, 9.17) is 0 Å². The van der Waals surface area contributed by atoms with Crippen LogP contribution in [-0.4, -0.2) is 35.9 Å². The average Bonchev–Trinajstić information content (AvgIpc) is 3.04. The van der Waals surface area contributed by atoms with Crippen LogP contribution in [0, 0.1) is 0 Å². The van der Waals surface area contributed by atoms with Crippen LogP contribution in [0.2, 0.25) is 0 Å². The molecule has 7 heteroatoms. The van der Waals surface area contributed by atoms with Gasteiger partial charge in [0.05, 0.1) is 16.3 Å². The number of nitrogens with zero attached hydrogens (tertiary/aromatic N) is 1. The lowest BCUT2D eigenvalue weighted by Gasteiger charge is -2.16. The SMILES string of the molecule is CS(=O)(=O)c1ccc(-c2cc(C3=C(C(=O)O)CCCC3)[nH]n2)cc1. The summed E-state index contributed by atoms with van der Waals surface area (Å²) in [5, 5.41) is 16.5. The summed E-state index contributed by atoms with van der Waals surface area (Å²) < 4.78 is 23.0. The molecular formula is C17H18N2O4S. The number of hydrogen-bond acceptors (Lipinski definition) is 4. The van der Waals surface area contributed by atoms with Crippen molar-refractivity contribution >= 4 is 21.4 Å². The molecule has 1 aromatic heterocycles. The Morgan fingerprint density at radius 2 is 1.83 bits per heavy atom. The van der Waals surface area contributed by atoms with Crippen LogP contribution in [0.15, 0.2) is 40.8 Å². The summed E-state index contributed by atoms with van der Waals surface area (Å²) in [5.41, 5.74) is 3.41. The number of allylic oxidation sites excluding steroid dienone is 1. The maximum Gasteiger partial charge on any atom is 0.331 e. The van der Waals surface area contributed by atoms with Gasteiger partial charge in [0, 0.05) is 17.4 Å². The van der Waals surface area contributed by atoms with Gasteiger partial charge >= 0.3 is 5.97 Å². The quantitative estimate of drug-likeness (QED) is 0.886. The summed E-state index contributed by atoms with van der Waals surface area (Å²) in [6.45, 7) is 0. The molecule has 126 valence electrons. The van der Waals surface area contributed by atoms with Crippen molar-refractivity contribution in [2.75, 3.05) is 6.26 Å². The normalized spacial score (nSPS) is 15.5. The second-order valence-electron chi connectivity index (χ2n) is 5.93. The first-order chi connectivity index (χ1) is 11.4. The van der Waals surface area contributed by atoms with Crippen molar-refractivity contribution < 1.29 is 18.3 Å². The van der Waals surface area contributed by atoms with E-state index in [1.54, 1.807) is 24.3 Å². The summed E-state index contributed by atoms with van der Waals surface area (Å²) in [6.07, 6.45) is 4.30. The van der Waals surface area contributed by atoms with Crippen molar-refractivity contribution in [3.63, 3.8) is 0 Å². The molecule has 1 heterocycles. The van der Waals surface area contributed by atoms with Crippen molar-refractivity contribution in [3.8, 4) is 11.3 Å². The van der Waals surface area contributed by atoms with E-state index in [1.165, 1.54) is 0 Å². The minimum Gasteiger partial charge on any atom is -0.478 e. The fraction of sp³-hybridized carbons (Fsp3) is 0.294. The van der Waals surface area contributed by atoms with Crippen LogP contribution in [0.25, 0.3) is 16.8 Å². The Bertz CT molecular complexity index is 908. The molecule has 2 N–H and O–H groups in total. The predicted molar refractivity (Wildman–Crippen MR) is 90.2 cm³/mol. The Labute approximate surface area is 140 Å². The van der Waals surface area contributed by atoms with Gasteiger partial charge in [0.15, 0.2) is 9.84 Å². The summed E-state index contributed by atoms with van der Waals surface area (Å²) in [6, 6.07) is 8.30. The topological polar surface area (TPSA) is 100 Å². The standard InChI is InChI=1S/C17H18N2O4S/c1-24(22,23)12-8-6-11(7-9-12)15-10-16(19-18-15)13-4-2-3-5-14(13)17(20)21/h6-10H,2-5H2,1H3,(H,18,19)(H,20,21). The Morgan fingerprint density at radius 1 is 1.17 bits per heavy atom. The second kappa shape index (κ2) is 6.24. The Kier molecular flexibility index (Phi) is 4.28. The number of benzene rings is 1.